The van der Waals surface area contributed by atoms with Gasteiger partial charge in [-0.2, -0.15) is 0 Å². The number of rotatable bonds is 9. The Balaban J connectivity index is 1.58. The summed E-state index contributed by atoms with van der Waals surface area (Å²) in [6, 6.07) is 7.86. The van der Waals surface area contributed by atoms with E-state index in [2.05, 4.69) is 35.9 Å². The van der Waals surface area contributed by atoms with Crippen LogP contribution in [0.5, 0.6) is 0 Å². The average molecular weight is 386 g/mol. The van der Waals surface area contributed by atoms with Crippen molar-refractivity contribution in [2.75, 3.05) is 45.8 Å². The number of fused-ring (bicyclic) bond motifs is 1. The predicted molar refractivity (Wildman–Crippen MR) is 115 cm³/mol. The fourth-order valence-corrected chi connectivity index (χ4v) is 4.01. The maximum Gasteiger partial charge on any atom is 0.255 e. The molecule has 1 fully saturated rings. The second-order valence-corrected chi connectivity index (χ2v) is 8.05. The molecule has 1 N–H and O–H groups in total. The van der Waals surface area contributed by atoms with E-state index in [0.717, 1.165) is 80.8 Å². The first-order valence-corrected chi connectivity index (χ1v) is 10.9. The molecule has 1 aromatic carbocycles. The Bertz CT molecular complexity index is 762. The number of hydrogen-bond acceptors (Lipinski definition) is 4. The van der Waals surface area contributed by atoms with Crippen molar-refractivity contribution in [3.05, 3.63) is 35.6 Å². The molecule has 0 radical (unpaired) electrons. The fraction of sp³-hybridized carbons (Fsp3) is 0.609. The highest BCUT2D eigenvalue weighted by Gasteiger charge is 2.22. The van der Waals surface area contributed by atoms with Gasteiger partial charge in [-0.15, -0.1) is 0 Å². The number of nitrogens with one attached hydrogen (secondary N) is 1. The number of likely N-dealkylation sites (N-methyl/N-ethyl adjacent to an activating group) is 1. The van der Waals surface area contributed by atoms with Crippen molar-refractivity contribution in [1.82, 2.24) is 15.1 Å². The van der Waals surface area contributed by atoms with Crippen molar-refractivity contribution in [2.45, 2.75) is 40.0 Å². The molecule has 0 bridgehead atoms. The molecule has 1 aliphatic rings. The first-order valence-electron chi connectivity index (χ1n) is 10.9. The van der Waals surface area contributed by atoms with Gasteiger partial charge in [-0.05, 0) is 24.9 Å². The quantitative estimate of drug-likeness (QED) is 0.714. The van der Waals surface area contributed by atoms with Crippen LogP contribution in [-0.4, -0.2) is 61.5 Å². The van der Waals surface area contributed by atoms with Crippen molar-refractivity contribution in [3.63, 3.8) is 0 Å². The van der Waals surface area contributed by atoms with Crippen LogP contribution in [0.2, 0.25) is 0 Å². The van der Waals surface area contributed by atoms with Gasteiger partial charge in [0.25, 0.3) is 5.91 Å². The average Bonchev–Trinajstić information content (AvgIpc) is 3.09. The van der Waals surface area contributed by atoms with E-state index in [0.29, 0.717) is 12.5 Å². The molecule has 3 rings (SSSR count). The number of nitrogens with zero attached hydrogens (tertiary/aromatic N) is 2. The van der Waals surface area contributed by atoms with Crippen molar-refractivity contribution in [1.29, 1.82) is 0 Å². The molecule has 1 saturated heterocycles. The number of aryl methyl sites for hydroxylation is 1. The highest BCUT2D eigenvalue weighted by molar-refractivity contribution is 6.07. The largest absolute Gasteiger partial charge is 0.460 e. The molecule has 2 aromatic rings. The van der Waals surface area contributed by atoms with Crippen LogP contribution in [0, 0.1) is 5.92 Å². The minimum absolute atomic E-state index is 0.00120. The van der Waals surface area contributed by atoms with Gasteiger partial charge < -0.3 is 19.5 Å². The zero-order chi connectivity index (χ0) is 19.9. The number of benzene rings is 1. The molecule has 1 aliphatic heterocycles. The smallest absolute Gasteiger partial charge is 0.255 e. The molecule has 0 saturated carbocycles. The van der Waals surface area contributed by atoms with E-state index < -0.39 is 0 Å². The van der Waals surface area contributed by atoms with E-state index in [9.17, 15) is 4.79 Å². The minimum atomic E-state index is -0.00120. The van der Waals surface area contributed by atoms with Gasteiger partial charge in [0.2, 0.25) is 0 Å². The molecule has 0 spiro atoms. The third kappa shape index (κ3) is 5.15. The number of unbranched alkanes of at least 4 members (excludes halogenated alkanes) is 1. The molecule has 1 unspecified atom stereocenters. The van der Waals surface area contributed by atoms with Gasteiger partial charge in [0.1, 0.15) is 11.3 Å². The SMILES string of the molecule is CCCCc1oc2ccccc2c1C(=O)NCC(C)CN1CCN(CC)CC1. The molecule has 0 aliphatic carbocycles. The lowest BCUT2D eigenvalue weighted by Gasteiger charge is -2.35. The van der Waals surface area contributed by atoms with Gasteiger partial charge in [0, 0.05) is 51.1 Å². The second kappa shape index (κ2) is 10.1. The standard InChI is InChI=1S/C23H35N3O2/c1-4-6-10-21-22(19-9-7-8-11-20(19)28-21)23(27)24-16-18(3)17-26-14-12-25(5-2)13-15-26/h7-9,11,18H,4-6,10,12-17H2,1-3H3,(H,24,27). The third-order valence-corrected chi connectivity index (χ3v) is 5.75. The molecular formula is C23H35N3O2. The lowest BCUT2D eigenvalue weighted by molar-refractivity contribution is 0.0933. The number of carbonyl (C=O) groups is 1. The maximum absolute atomic E-state index is 13.0. The Kier molecular flexibility index (Phi) is 7.51. The molecule has 28 heavy (non-hydrogen) atoms. The summed E-state index contributed by atoms with van der Waals surface area (Å²) in [5, 5.41) is 4.09. The summed E-state index contributed by atoms with van der Waals surface area (Å²) in [5.41, 5.74) is 1.54. The summed E-state index contributed by atoms with van der Waals surface area (Å²) in [6.45, 7) is 14.0. The molecule has 5 heteroatoms. The van der Waals surface area contributed by atoms with Crippen LogP contribution in [0.1, 0.15) is 49.7 Å². The fourth-order valence-electron chi connectivity index (χ4n) is 4.01. The summed E-state index contributed by atoms with van der Waals surface area (Å²) >= 11 is 0. The van der Waals surface area contributed by atoms with E-state index in [1.807, 2.05) is 24.3 Å². The summed E-state index contributed by atoms with van der Waals surface area (Å²) in [7, 11) is 0. The summed E-state index contributed by atoms with van der Waals surface area (Å²) < 4.78 is 6.00. The van der Waals surface area contributed by atoms with Crippen LogP contribution in [0.3, 0.4) is 0 Å². The van der Waals surface area contributed by atoms with Crippen molar-refractivity contribution in [3.8, 4) is 0 Å². The van der Waals surface area contributed by atoms with E-state index in [4.69, 9.17) is 4.42 Å². The van der Waals surface area contributed by atoms with Crippen LogP contribution >= 0.6 is 0 Å². The van der Waals surface area contributed by atoms with E-state index in [1.165, 1.54) is 0 Å². The number of furan rings is 1. The Labute approximate surface area is 169 Å². The third-order valence-electron chi connectivity index (χ3n) is 5.75. The van der Waals surface area contributed by atoms with Crippen LogP contribution in [0.25, 0.3) is 11.0 Å². The Hall–Kier alpha value is -1.85. The lowest BCUT2D eigenvalue weighted by Crippen LogP contribution is -2.48. The number of carbonyl (C=O) groups excluding carboxylic acids is 1. The molecular weight excluding hydrogens is 350 g/mol. The monoisotopic (exact) mass is 385 g/mol. The van der Waals surface area contributed by atoms with Gasteiger partial charge in [0.15, 0.2) is 0 Å². The Morgan fingerprint density at radius 2 is 1.86 bits per heavy atom. The molecule has 154 valence electrons. The van der Waals surface area contributed by atoms with Crippen LogP contribution < -0.4 is 5.32 Å². The Morgan fingerprint density at radius 3 is 2.57 bits per heavy atom. The first-order chi connectivity index (χ1) is 13.6. The molecule has 5 nitrogen and oxygen atoms in total. The number of amides is 1. The highest BCUT2D eigenvalue weighted by atomic mass is 16.3. The lowest BCUT2D eigenvalue weighted by atomic mass is 10.1. The summed E-state index contributed by atoms with van der Waals surface area (Å²) in [5.74, 6) is 1.25. The van der Waals surface area contributed by atoms with Crippen molar-refractivity contribution < 1.29 is 9.21 Å². The first kappa shape index (κ1) is 20.9. The van der Waals surface area contributed by atoms with Gasteiger partial charge in [-0.25, -0.2) is 0 Å². The van der Waals surface area contributed by atoms with E-state index in [-0.39, 0.29) is 5.91 Å². The zero-order valence-electron chi connectivity index (χ0n) is 17.7. The maximum atomic E-state index is 13.0. The Morgan fingerprint density at radius 1 is 1.14 bits per heavy atom. The minimum Gasteiger partial charge on any atom is -0.460 e. The van der Waals surface area contributed by atoms with Crippen molar-refractivity contribution >= 4 is 16.9 Å². The van der Waals surface area contributed by atoms with Crippen LogP contribution in [0.15, 0.2) is 28.7 Å². The van der Waals surface area contributed by atoms with E-state index >= 15 is 0 Å². The topological polar surface area (TPSA) is 48.7 Å². The number of piperazine rings is 1. The summed E-state index contributed by atoms with van der Waals surface area (Å²) in [6.07, 6.45) is 2.92. The summed E-state index contributed by atoms with van der Waals surface area (Å²) in [4.78, 5) is 18.0. The van der Waals surface area contributed by atoms with Gasteiger partial charge in [-0.3, -0.25) is 4.79 Å². The van der Waals surface area contributed by atoms with Gasteiger partial charge in [-0.1, -0.05) is 45.4 Å². The predicted octanol–water partition coefficient (Wildman–Crippen LogP) is 3.78. The molecule has 2 heterocycles. The zero-order valence-corrected chi connectivity index (χ0v) is 17.7. The van der Waals surface area contributed by atoms with Gasteiger partial charge in [0.05, 0.1) is 5.56 Å². The highest BCUT2D eigenvalue weighted by Crippen LogP contribution is 2.27. The second-order valence-electron chi connectivity index (χ2n) is 8.05. The van der Waals surface area contributed by atoms with Gasteiger partial charge >= 0.3 is 0 Å². The molecule has 1 atom stereocenters. The van der Waals surface area contributed by atoms with Crippen molar-refractivity contribution in [2.24, 2.45) is 5.92 Å². The molecule has 1 aromatic heterocycles. The molecule has 1 amide bonds. The van der Waals surface area contributed by atoms with Crippen LogP contribution in [-0.2, 0) is 6.42 Å². The number of para-hydroxylation sites is 1. The van der Waals surface area contributed by atoms with E-state index in [1.54, 1.807) is 0 Å². The number of hydrogen-bond donors (Lipinski definition) is 1. The normalized spacial score (nSPS) is 17.1. The van der Waals surface area contributed by atoms with Crippen LogP contribution in [0.4, 0.5) is 0 Å².